The Morgan fingerprint density at radius 1 is 0.655 bits per heavy atom. The zero-order valence-electron chi connectivity index (χ0n) is 16.6. The molecular formula is C22H31ClN2O4. The first-order valence-electron chi connectivity index (χ1n) is 9.85. The molecule has 1 fully saturated rings. The van der Waals surface area contributed by atoms with Crippen LogP contribution in [0.1, 0.15) is 0 Å². The van der Waals surface area contributed by atoms with Gasteiger partial charge in [0.05, 0.1) is 0 Å². The van der Waals surface area contributed by atoms with Gasteiger partial charge in [0.1, 0.15) is 36.9 Å². The molecule has 0 aliphatic carbocycles. The molecule has 0 radical (unpaired) electrons. The van der Waals surface area contributed by atoms with Gasteiger partial charge in [-0.2, -0.15) is 0 Å². The van der Waals surface area contributed by atoms with E-state index >= 15 is 0 Å². The van der Waals surface area contributed by atoms with Crippen LogP contribution in [0.4, 0.5) is 0 Å². The van der Waals surface area contributed by atoms with Crippen LogP contribution in [-0.4, -0.2) is 84.7 Å². The third kappa shape index (κ3) is 8.60. The van der Waals surface area contributed by atoms with Crippen molar-refractivity contribution in [1.29, 1.82) is 0 Å². The maximum Gasteiger partial charge on any atom is 0.119 e. The second-order valence-electron chi connectivity index (χ2n) is 7.16. The monoisotopic (exact) mass is 422 g/mol. The Bertz CT molecular complexity index is 610. The van der Waals surface area contributed by atoms with Gasteiger partial charge in [-0.15, -0.1) is 12.4 Å². The van der Waals surface area contributed by atoms with E-state index in [1.54, 1.807) is 0 Å². The highest BCUT2D eigenvalue weighted by Gasteiger charge is 2.21. The van der Waals surface area contributed by atoms with Crippen molar-refractivity contribution in [2.24, 2.45) is 0 Å². The highest BCUT2D eigenvalue weighted by Crippen LogP contribution is 2.11. The molecule has 7 heteroatoms. The normalized spacial score (nSPS) is 17.2. The first-order chi connectivity index (χ1) is 13.7. The second-order valence-corrected chi connectivity index (χ2v) is 7.16. The quantitative estimate of drug-likeness (QED) is 0.609. The number of nitrogens with zero attached hydrogens (tertiary/aromatic N) is 2. The van der Waals surface area contributed by atoms with E-state index < -0.39 is 12.2 Å². The summed E-state index contributed by atoms with van der Waals surface area (Å²) >= 11 is 0. The summed E-state index contributed by atoms with van der Waals surface area (Å²) in [5.41, 5.74) is 0. The van der Waals surface area contributed by atoms with Gasteiger partial charge >= 0.3 is 0 Å². The van der Waals surface area contributed by atoms with Crippen molar-refractivity contribution in [3.05, 3.63) is 60.7 Å². The molecule has 3 rings (SSSR count). The second kappa shape index (κ2) is 12.7. The fourth-order valence-electron chi connectivity index (χ4n) is 3.27. The highest BCUT2D eigenvalue weighted by atomic mass is 35.5. The van der Waals surface area contributed by atoms with Crippen LogP contribution in [0.15, 0.2) is 60.7 Å². The van der Waals surface area contributed by atoms with Gasteiger partial charge in [-0.25, -0.2) is 0 Å². The van der Waals surface area contributed by atoms with Gasteiger partial charge in [0.25, 0.3) is 0 Å². The number of hydrogen-bond donors (Lipinski definition) is 2. The summed E-state index contributed by atoms with van der Waals surface area (Å²) in [6.07, 6.45) is -1.03. The molecule has 29 heavy (non-hydrogen) atoms. The molecule has 0 aromatic heterocycles. The number of rotatable bonds is 10. The molecule has 1 saturated heterocycles. The minimum Gasteiger partial charge on any atom is -0.491 e. The van der Waals surface area contributed by atoms with Gasteiger partial charge in [-0.05, 0) is 24.3 Å². The van der Waals surface area contributed by atoms with Crippen LogP contribution in [-0.2, 0) is 0 Å². The van der Waals surface area contributed by atoms with Crippen LogP contribution in [0.25, 0.3) is 0 Å². The van der Waals surface area contributed by atoms with Crippen LogP contribution < -0.4 is 9.47 Å². The molecule has 0 bridgehead atoms. The summed E-state index contributed by atoms with van der Waals surface area (Å²) in [7, 11) is 0. The molecule has 1 aliphatic heterocycles. The van der Waals surface area contributed by atoms with E-state index in [4.69, 9.17) is 9.47 Å². The average Bonchev–Trinajstić information content (AvgIpc) is 2.74. The molecule has 0 amide bonds. The molecule has 0 spiro atoms. The number of halogens is 1. The predicted molar refractivity (Wildman–Crippen MR) is 116 cm³/mol. The number of para-hydroxylation sites is 2. The summed E-state index contributed by atoms with van der Waals surface area (Å²) in [6, 6.07) is 19.1. The SMILES string of the molecule is Cl.OC(COc1ccccc1)CN1CCN(CC(O)COc2ccccc2)CC1. The van der Waals surface area contributed by atoms with Gasteiger partial charge in [-0.3, -0.25) is 9.80 Å². The Morgan fingerprint density at radius 3 is 1.34 bits per heavy atom. The molecule has 2 N–H and O–H groups in total. The van der Waals surface area contributed by atoms with Crippen LogP contribution in [0.2, 0.25) is 0 Å². The Kier molecular flexibility index (Phi) is 10.2. The molecule has 2 atom stereocenters. The molecular weight excluding hydrogens is 392 g/mol. The van der Waals surface area contributed by atoms with Crippen LogP contribution in [0.5, 0.6) is 11.5 Å². The summed E-state index contributed by atoms with van der Waals surface area (Å²) in [5, 5.41) is 20.4. The van der Waals surface area contributed by atoms with Crippen molar-refractivity contribution in [2.45, 2.75) is 12.2 Å². The van der Waals surface area contributed by atoms with Crippen molar-refractivity contribution in [3.8, 4) is 11.5 Å². The fraction of sp³-hybridized carbons (Fsp3) is 0.455. The molecule has 2 aromatic carbocycles. The molecule has 6 nitrogen and oxygen atoms in total. The van der Waals surface area contributed by atoms with E-state index in [1.807, 2.05) is 60.7 Å². The van der Waals surface area contributed by atoms with Crippen LogP contribution in [0, 0.1) is 0 Å². The zero-order valence-corrected chi connectivity index (χ0v) is 17.4. The highest BCUT2D eigenvalue weighted by molar-refractivity contribution is 5.85. The molecule has 2 unspecified atom stereocenters. The Hall–Kier alpha value is -1.83. The van der Waals surface area contributed by atoms with Crippen molar-refractivity contribution < 1.29 is 19.7 Å². The van der Waals surface area contributed by atoms with Gasteiger partial charge in [0, 0.05) is 39.3 Å². The number of ether oxygens (including phenoxy) is 2. The predicted octanol–water partition coefficient (Wildman–Crippen LogP) is 1.91. The van der Waals surface area contributed by atoms with Gasteiger partial charge < -0.3 is 19.7 Å². The number of β-amino-alcohol motifs (C(OH)–C–C–N with tert-alkyl or cyclic N) is 2. The molecule has 160 valence electrons. The van der Waals surface area contributed by atoms with Crippen LogP contribution in [0.3, 0.4) is 0 Å². The zero-order chi connectivity index (χ0) is 19.6. The number of aliphatic hydroxyl groups is 2. The molecule has 1 aliphatic rings. The topological polar surface area (TPSA) is 65.4 Å². The first-order valence-corrected chi connectivity index (χ1v) is 9.85. The summed E-state index contributed by atoms with van der Waals surface area (Å²) in [4.78, 5) is 4.48. The number of benzene rings is 2. The number of piperazine rings is 1. The van der Waals surface area contributed by atoms with Crippen molar-refractivity contribution in [1.82, 2.24) is 9.80 Å². The number of hydrogen-bond acceptors (Lipinski definition) is 6. The van der Waals surface area contributed by atoms with Crippen molar-refractivity contribution >= 4 is 12.4 Å². The average molecular weight is 423 g/mol. The maximum atomic E-state index is 10.2. The number of aliphatic hydroxyl groups excluding tert-OH is 2. The van der Waals surface area contributed by atoms with Crippen molar-refractivity contribution in [2.75, 3.05) is 52.5 Å². The summed E-state index contributed by atoms with van der Waals surface area (Å²) in [6.45, 7) is 5.26. The van der Waals surface area contributed by atoms with Gasteiger partial charge in [-0.1, -0.05) is 36.4 Å². The minimum atomic E-state index is -0.517. The van der Waals surface area contributed by atoms with E-state index in [0.29, 0.717) is 26.3 Å². The molecule has 2 aromatic rings. The van der Waals surface area contributed by atoms with E-state index in [2.05, 4.69) is 9.80 Å². The van der Waals surface area contributed by atoms with Gasteiger partial charge in [0.2, 0.25) is 0 Å². The Labute approximate surface area is 179 Å². The maximum absolute atomic E-state index is 10.2. The standard InChI is InChI=1S/C22H30N2O4.ClH/c25-19(17-27-21-7-3-1-4-8-21)15-23-11-13-24(14-12-23)16-20(26)18-28-22-9-5-2-6-10-22;/h1-10,19-20,25-26H,11-18H2;1H. The van der Waals surface area contributed by atoms with E-state index in [0.717, 1.165) is 37.7 Å². The lowest BCUT2D eigenvalue weighted by Crippen LogP contribution is -2.51. The molecule has 0 saturated carbocycles. The Morgan fingerprint density at radius 2 is 1.00 bits per heavy atom. The van der Waals surface area contributed by atoms with E-state index in [1.165, 1.54) is 0 Å². The first kappa shape index (κ1) is 23.4. The third-order valence-electron chi connectivity index (χ3n) is 4.77. The smallest absolute Gasteiger partial charge is 0.119 e. The van der Waals surface area contributed by atoms with Gasteiger partial charge in [0.15, 0.2) is 0 Å². The Balaban J connectivity index is 0.00000300. The van der Waals surface area contributed by atoms with Crippen molar-refractivity contribution in [3.63, 3.8) is 0 Å². The third-order valence-corrected chi connectivity index (χ3v) is 4.77. The fourth-order valence-corrected chi connectivity index (χ4v) is 3.27. The van der Waals surface area contributed by atoms with Crippen LogP contribution >= 0.6 is 12.4 Å². The lowest BCUT2D eigenvalue weighted by Gasteiger charge is -2.36. The lowest BCUT2D eigenvalue weighted by molar-refractivity contribution is 0.0240. The van der Waals surface area contributed by atoms with E-state index in [9.17, 15) is 10.2 Å². The summed E-state index contributed by atoms with van der Waals surface area (Å²) in [5.74, 6) is 1.55. The largest absolute Gasteiger partial charge is 0.491 e. The molecule has 1 heterocycles. The summed E-state index contributed by atoms with van der Waals surface area (Å²) < 4.78 is 11.2. The lowest BCUT2D eigenvalue weighted by atomic mass is 10.2. The van der Waals surface area contributed by atoms with E-state index in [-0.39, 0.29) is 12.4 Å². The minimum absolute atomic E-state index is 0.